The lowest BCUT2D eigenvalue weighted by Gasteiger charge is -2.02. The van der Waals surface area contributed by atoms with Crippen LogP contribution in [0.15, 0.2) is 42.3 Å². The van der Waals surface area contributed by atoms with E-state index in [4.69, 9.17) is 11.6 Å². The molecule has 0 spiro atoms. The van der Waals surface area contributed by atoms with Gasteiger partial charge in [-0.05, 0) is 5.56 Å². The predicted octanol–water partition coefficient (Wildman–Crippen LogP) is 3.19. The average Bonchev–Trinajstić information content (AvgIpc) is 3.10. The highest BCUT2D eigenvalue weighted by Gasteiger charge is 2.04. The predicted molar refractivity (Wildman–Crippen MR) is 76.2 cm³/mol. The van der Waals surface area contributed by atoms with Crippen molar-refractivity contribution in [2.45, 2.75) is 12.4 Å². The third kappa shape index (κ3) is 2.83. The van der Waals surface area contributed by atoms with Crippen LogP contribution >= 0.6 is 22.9 Å². The second kappa shape index (κ2) is 5.50. The van der Waals surface area contributed by atoms with E-state index in [1.165, 1.54) is 11.9 Å². The lowest BCUT2D eigenvalue weighted by Crippen LogP contribution is -1.99. The van der Waals surface area contributed by atoms with Crippen molar-refractivity contribution in [1.82, 2.24) is 19.7 Å². The first kappa shape index (κ1) is 12.3. The maximum Gasteiger partial charge on any atom is 0.137 e. The minimum atomic E-state index is 0.459. The molecule has 4 nitrogen and oxygen atoms in total. The van der Waals surface area contributed by atoms with Crippen LogP contribution in [-0.4, -0.2) is 19.7 Å². The summed E-state index contributed by atoms with van der Waals surface area (Å²) in [6.45, 7) is 0.727. The van der Waals surface area contributed by atoms with E-state index in [-0.39, 0.29) is 0 Å². The Morgan fingerprint density at radius 3 is 2.68 bits per heavy atom. The van der Waals surface area contributed by atoms with E-state index in [1.54, 1.807) is 22.3 Å². The number of aromatic nitrogens is 4. The Labute approximate surface area is 119 Å². The van der Waals surface area contributed by atoms with Crippen LogP contribution in [0.5, 0.6) is 0 Å². The minimum Gasteiger partial charge on any atom is -0.249 e. The number of nitrogens with zero attached hydrogens (tertiary/aromatic N) is 4. The van der Waals surface area contributed by atoms with E-state index < -0.39 is 0 Å². The molecule has 0 aliphatic rings. The second-order valence-corrected chi connectivity index (χ2v) is 5.19. The van der Waals surface area contributed by atoms with Crippen molar-refractivity contribution in [2.75, 3.05) is 0 Å². The van der Waals surface area contributed by atoms with Crippen LogP contribution in [-0.2, 0) is 12.4 Å². The molecule has 0 saturated carbocycles. The van der Waals surface area contributed by atoms with Gasteiger partial charge in [-0.2, -0.15) is 5.10 Å². The van der Waals surface area contributed by atoms with E-state index in [9.17, 15) is 0 Å². The Balaban J connectivity index is 1.78. The van der Waals surface area contributed by atoms with Gasteiger partial charge in [-0.15, -0.1) is 22.9 Å². The van der Waals surface area contributed by atoms with Crippen molar-refractivity contribution in [1.29, 1.82) is 0 Å². The summed E-state index contributed by atoms with van der Waals surface area (Å²) in [4.78, 5) is 8.39. The first-order valence-electron chi connectivity index (χ1n) is 5.77. The molecule has 1 aromatic carbocycles. The van der Waals surface area contributed by atoms with Crippen LogP contribution < -0.4 is 0 Å². The highest BCUT2D eigenvalue weighted by atomic mass is 35.5. The third-order valence-electron chi connectivity index (χ3n) is 2.70. The Kier molecular flexibility index (Phi) is 3.57. The van der Waals surface area contributed by atoms with Crippen LogP contribution in [0.2, 0.25) is 0 Å². The summed E-state index contributed by atoms with van der Waals surface area (Å²) in [5.74, 6) is 0.459. The van der Waals surface area contributed by atoms with Crippen molar-refractivity contribution >= 4 is 22.9 Å². The summed E-state index contributed by atoms with van der Waals surface area (Å²) >= 11 is 7.38. The number of alkyl halides is 1. The number of hydrogen-bond acceptors (Lipinski definition) is 4. The summed E-state index contributed by atoms with van der Waals surface area (Å²) in [5.41, 5.74) is 3.22. The molecule has 0 bridgehead atoms. The highest BCUT2D eigenvalue weighted by molar-refractivity contribution is 7.13. The number of halogens is 1. The molecule has 2 aromatic heterocycles. The Morgan fingerprint density at radius 2 is 2.05 bits per heavy atom. The van der Waals surface area contributed by atoms with Gasteiger partial charge >= 0.3 is 0 Å². The average molecular weight is 291 g/mol. The van der Waals surface area contributed by atoms with Crippen LogP contribution in [0.1, 0.15) is 11.3 Å². The fourth-order valence-electron chi connectivity index (χ4n) is 1.76. The van der Waals surface area contributed by atoms with Crippen molar-refractivity contribution in [3.05, 3.63) is 53.6 Å². The van der Waals surface area contributed by atoms with Crippen molar-refractivity contribution in [3.63, 3.8) is 0 Å². The normalized spacial score (nSPS) is 10.8. The maximum absolute atomic E-state index is 5.76. The quantitative estimate of drug-likeness (QED) is 0.693. The van der Waals surface area contributed by atoms with Gasteiger partial charge in [0.15, 0.2) is 0 Å². The van der Waals surface area contributed by atoms with Gasteiger partial charge in [0.2, 0.25) is 0 Å². The standard InChI is InChI=1S/C13H11ClN4S/c14-5-12-7-19-13(17-12)11-3-1-10(2-4-11)6-18-9-15-8-16-18/h1-4,7-9H,5-6H2. The molecule has 19 heavy (non-hydrogen) atoms. The van der Waals surface area contributed by atoms with Crippen LogP contribution in [0, 0.1) is 0 Å². The largest absolute Gasteiger partial charge is 0.249 e. The molecule has 0 radical (unpaired) electrons. The van der Waals surface area contributed by atoms with Crippen LogP contribution in [0.4, 0.5) is 0 Å². The van der Waals surface area contributed by atoms with E-state index in [2.05, 4.69) is 39.3 Å². The molecule has 0 unspecified atom stereocenters. The molecule has 0 N–H and O–H groups in total. The first-order valence-corrected chi connectivity index (χ1v) is 7.18. The van der Waals surface area contributed by atoms with E-state index in [1.807, 2.05) is 5.38 Å². The molecule has 0 fully saturated rings. The molecular weight excluding hydrogens is 280 g/mol. The van der Waals surface area contributed by atoms with Gasteiger partial charge in [-0.25, -0.2) is 14.6 Å². The van der Waals surface area contributed by atoms with Gasteiger partial charge in [0, 0.05) is 10.9 Å². The maximum atomic E-state index is 5.76. The summed E-state index contributed by atoms with van der Waals surface area (Å²) in [5, 5.41) is 7.08. The van der Waals surface area contributed by atoms with Crippen LogP contribution in [0.3, 0.4) is 0 Å². The number of thiazole rings is 1. The topological polar surface area (TPSA) is 43.6 Å². The summed E-state index contributed by atoms with van der Waals surface area (Å²) < 4.78 is 1.80. The zero-order valence-electron chi connectivity index (χ0n) is 10.0. The Morgan fingerprint density at radius 1 is 1.21 bits per heavy atom. The lowest BCUT2D eigenvalue weighted by molar-refractivity contribution is 0.685. The SMILES string of the molecule is ClCc1csc(-c2ccc(Cn3cncn3)cc2)n1. The van der Waals surface area contributed by atoms with Crippen molar-refractivity contribution in [3.8, 4) is 10.6 Å². The number of rotatable bonds is 4. The highest BCUT2D eigenvalue weighted by Crippen LogP contribution is 2.24. The fourth-order valence-corrected chi connectivity index (χ4v) is 2.81. The molecular formula is C13H11ClN4S. The summed E-state index contributed by atoms with van der Waals surface area (Å²) in [7, 11) is 0. The zero-order chi connectivity index (χ0) is 13.1. The Bertz CT molecular complexity index is 646. The van der Waals surface area contributed by atoms with Gasteiger partial charge in [0.05, 0.1) is 18.1 Å². The van der Waals surface area contributed by atoms with Gasteiger partial charge in [0.1, 0.15) is 17.7 Å². The minimum absolute atomic E-state index is 0.459. The van der Waals surface area contributed by atoms with Crippen molar-refractivity contribution in [2.24, 2.45) is 0 Å². The first-order chi connectivity index (χ1) is 9.35. The molecule has 6 heteroatoms. The van der Waals surface area contributed by atoms with Crippen LogP contribution in [0.25, 0.3) is 10.6 Å². The second-order valence-electron chi connectivity index (χ2n) is 4.07. The van der Waals surface area contributed by atoms with Gasteiger partial charge in [-0.3, -0.25) is 0 Å². The number of benzene rings is 1. The molecule has 0 atom stereocenters. The lowest BCUT2D eigenvalue weighted by atomic mass is 10.1. The summed E-state index contributed by atoms with van der Waals surface area (Å²) in [6, 6.07) is 8.31. The molecule has 3 rings (SSSR count). The fraction of sp³-hybridized carbons (Fsp3) is 0.154. The molecule has 96 valence electrons. The molecule has 0 amide bonds. The molecule has 3 aromatic rings. The van der Waals surface area contributed by atoms with E-state index >= 15 is 0 Å². The monoisotopic (exact) mass is 290 g/mol. The van der Waals surface area contributed by atoms with Crippen molar-refractivity contribution < 1.29 is 0 Å². The summed E-state index contributed by atoms with van der Waals surface area (Å²) in [6.07, 6.45) is 3.25. The molecule has 0 aliphatic carbocycles. The smallest absolute Gasteiger partial charge is 0.137 e. The molecule has 0 aliphatic heterocycles. The Hall–Kier alpha value is -1.72. The zero-order valence-corrected chi connectivity index (χ0v) is 11.6. The molecule has 0 saturated heterocycles. The van der Waals surface area contributed by atoms with Gasteiger partial charge in [0.25, 0.3) is 0 Å². The van der Waals surface area contributed by atoms with Gasteiger partial charge < -0.3 is 0 Å². The number of hydrogen-bond donors (Lipinski definition) is 0. The third-order valence-corrected chi connectivity index (χ3v) is 3.91. The molecule has 2 heterocycles. The van der Waals surface area contributed by atoms with E-state index in [0.717, 1.165) is 22.8 Å². The van der Waals surface area contributed by atoms with Gasteiger partial charge in [-0.1, -0.05) is 24.3 Å². The van der Waals surface area contributed by atoms with E-state index in [0.29, 0.717) is 5.88 Å².